The zero-order valence-corrected chi connectivity index (χ0v) is 15.1. The molecule has 0 aliphatic heterocycles. The lowest BCUT2D eigenvalue weighted by Gasteiger charge is -2.17. The number of benzene rings is 1. The standard InChI is InChI=1S/C14H13Br3N2/c1-18-13(6-9-3-2-4-10(15)5-9)14-12(17)7-11(16)8-19-14/h2-5,7-8,13,18H,6H2,1H3. The number of halogens is 3. The molecule has 1 N–H and O–H groups in total. The van der Waals surface area contributed by atoms with Gasteiger partial charge in [-0.15, -0.1) is 0 Å². The molecular formula is C14H13Br3N2. The highest BCUT2D eigenvalue weighted by atomic mass is 79.9. The zero-order valence-electron chi connectivity index (χ0n) is 10.3. The number of nitrogens with one attached hydrogen (secondary N) is 1. The van der Waals surface area contributed by atoms with E-state index < -0.39 is 0 Å². The normalized spacial score (nSPS) is 12.4. The molecule has 0 amide bonds. The third-order valence-corrected chi connectivity index (χ3v) is 4.41. The van der Waals surface area contributed by atoms with E-state index in [1.807, 2.05) is 25.4 Å². The smallest absolute Gasteiger partial charge is 0.0719 e. The van der Waals surface area contributed by atoms with Crippen molar-refractivity contribution in [3.8, 4) is 0 Å². The van der Waals surface area contributed by atoms with Gasteiger partial charge in [0.05, 0.1) is 11.7 Å². The van der Waals surface area contributed by atoms with Crippen LogP contribution in [0.4, 0.5) is 0 Å². The number of rotatable bonds is 4. The summed E-state index contributed by atoms with van der Waals surface area (Å²) in [6.07, 6.45) is 2.72. The maximum Gasteiger partial charge on any atom is 0.0719 e. The molecule has 0 aliphatic carbocycles. The Bertz CT molecular complexity index is 572. The van der Waals surface area contributed by atoms with Gasteiger partial charge in [-0.1, -0.05) is 28.1 Å². The summed E-state index contributed by atoms with van der Waals surface area (Å²) in [6.45, 7) is 0. The highest BCUT2D eigenvalue weighted by molar-refractivity contribution is 9.11. The molecule has 1 aromatic carbocycles. The summed E-state index contributed by atoms with van der Waals surface area (Å²) in [7, 11) is 1.96. The minimum Gasteiger partial charge on any atom is -0.311 e. The number of likely N-dealkylation sites (N-methyl/N-ethyl adjacent to an activating group) is 1. The van der Waals surface area contributed by atoms with Gasteiger partial charge in [0.15, 0.2) is 0 Å². The van der Waals surface area contributed by atoms with E-state index >= 15 is 0 Å². The van der Waals surface area contributed by atoms with Crippen molar-refractivity contribution in [3.05, 3.63) is 61.2 Å². The van der Waals surface area contributed by atoms with Crippen LogP contribution < -0.4 is 5.32 Å². The van der Waals surface area contributed by atoms with Gasteiger partial charge < -0.3 is 5.32 Å². The first-order chi connectivity index (χ1) is 9.10. The second-order valence-corrected chi connectivity index (χ2v) is 6.88. The Hall–Kier alpha value is -0.230. The molecule has 0 radical (unpaired) electrons. The quantitative estimate of drug-likeness (QED) is 0.721. The summed E-state index contributed by atoms with van der Waals surface area (Å²) in [5, 5.41) is 3.32. The van der Waals surface area contributed by atoms with Gasteiger partial charge in [-0.25, -0.2) is 0 Å². The summed E-state index contributed by atoms with van der Waals surface area (Å²) in [4.78, 5) is 4.50. The molecule has 0 saturated carbocycles. The van der Waals surface area contributed by atoms with Crippen LogP contribution in [0.5, 0.6) is 0 Å². The first kappa shape index (κ1) is 15.2. The van der Waals surface area contributed by atoms with Gasteiger partial charge in [0, 0.05) is 19.6 Å². The van der Waals surface area contributed by atoms with Crippen LogP contribution in [0.2, 0.25) is 0 Å². The lowest BCUT2D eigenvalue weighted by atomic mass is 10.0. The van der Waals surface area contributed by atoms with Gasteiger partial charge >= 0.3 is 0 Å². The predicted molar refractivity (Wildman–Crippen MR) is 89.3 cm³/mol. The molecule has 0 spiro atoms. The zero-order chi connectivity index (χ0) is 13.8. The number of hydrogen-bond acceptors (Lipinski definition) is 2. The Labute approximate surface area is 138 Å². The van der Waals surface area contributed by atoms with E-state index in [-0.39, 0.29) is 6.04 Å². The van der Waals surface area contributed by atoms with E-state index in [1.165, 1.54) is 5.56 Å². The van der Waals surface area contributed by atoms with Crippen molar-refractivity contribution in [1.29, 1.82) is 0 Å². The van der Waals surface area contributed by atoms with E-state index in [1.54, 1.807) is 0 Å². The fourth-order valence-electron chi connectivity index (χ4n) is 1.92. The third kappa shape index (κ3) is 4.12. The molecule has 2 nitrogen and oxygen atoms in total. The minimum absolute atomic E-state index is 0.178. The highest BCUT2D eigenvalue weighted by Gasteiger charge is 2.15. The third-order valence-electron chi connectivity index (χ3n) is 2.84. The van der Waals surface area contributed by atoms with Crippen molar-refractivity contribution in [2.45, 2.75) is 12.5 Å². The predicted octanol–water partition coefficient (Wildman–Crippen LogP) is 4.87. The second-order valence-electron chi connectivity index (χ2n) is 4.20. The molecule has 1 unspecified atom stereocenters. The average Bonchev–Trinajstić information content (AvgIpc) is 2.37. The van der Waals surface area contributed by atoms with Gasteiger partial charge in [-0.3, -0.25) is 4.98 Å². The lowest BCUT2D eigenvalue weighted by molar-refractivity contribution is 0.573. The second kappa shape index (κ2) is 6.97. The topological polar surface area (TPSA) is 24.9 Å². The average molecular weight is 449 g/mol. The Morgan fingerprint density at radius 1 is 1.16 bits per heavy atom. The van der Waals surface area contributed by atoms with Crippen LogP contribution in [0, 0.1) is 0 Å². The molecule has 1 heterocycles. The van der Waals surface area contributed by atoms with E-state index in [4.69, 9.17) is 0 Å². The number of hydrogen-bond donors (Lipinski definition) is 1. The SMILES string of the molecule is CNC(Cc1cccc(Br)c1)c1ncc(Br)cc1Br. The van der Waals surface area contributed by atoms with E-state index in [0.717, 1.165) is 25.5 Å². The van der Waals surface area contributed by atoms with Gasteiger partial charge in [-0.2, -0.15) is 0 Å². The van der Waals surface area contributed by atoms with Gasteiger partial charge in [-0.05, 0) is 69.1 Å². The van der Waals surface area contributed by atoms with Crippen LogP contribution in [-0.4, -0.2) is 12.0 Å². The van der Waals surface area contributed by atoms with E-state index in [9.17, 15) is 0 Å². The maximum absolute atomic E-state index is 4.50. The van der Waals surface area contributed by atoms with Crippen LogP contribution in [0.25, 0.3) is 0 Å². The van der Waals surface area contributed by atoms with Crippen molar-refractivity contribution in [1.82, 2.24) is 10.3 Å². The van der Waals surface area contributed by atoms with Crippen LogP contribution >= 0.6 is 47.8 Å². The largest absolute Gasteiger partial charge is 0.311 e. The monoisotopic (exact) mass is 446 g/mol. The number of nitrogens with zero attached hydrogens (tertiary/aromatic N) is 1. The van der Waals surface area contributed by atoms with Crippen molar-refractivity contribution < 1.29 is 0 Å². The summed E-state index contributed by atoms with van der Waals surface area (Å²) in [6, 6.07) is 10.5. The Kier molecular flexibility index (Phi) is 5.57. The van der Waals surface area contributed by atoms with Crippen molar-refractivity contribution in [2.75, 3.05) is 7.05 Å². The summed E-state index contributed by atoms with van der Waals surface area (Å²) >= 11 is 10.5. The fourth-order valence-corrected chi connectivity index (χ4v) is 3.63. The molecule has 0 aliphatic rings. The van der Waals surface area contributed by atoms with Crippen LogP contribution in [-0.2, 0) is 6.42 Å². The Morgan fingerprint density at radius 3 is 2.58 bits per heavy atom. The number of pyridine rings is 1. The van der Waals surface area contributed by atoms with Crippen LogP contribution in [0.15, 0.2) is 49.9 Å². The lowest BCUT2D eigenvalue weighted by Crippen LogP contribution is -2.20. The molecule has 2 rings (SSSR count). The van der Waals surface area contributed by atoms with E-state index in [0.29, 0.717) is 0 Å². The maximum atomic E-state index is 4.50. The first-order valence-corrected chi connectivity index (χ1v) is 8.20. The van der Waals surface area contributed by atoms with Crippen LogP contribution in [0.1, 0.15) is 17.3 Å². The molecule has 2 aromatic rings. The molecule has 0 bridgehead atoms. The van der Waals surface area contributed by atoms with Gasteiger partial charge in [0.25, 0.3) is 0 Å². The molecule has 19 heavy (non-hydrogen) atoms. The molecule has 5 heteroatoms. The number of aromatic nitrogens is 1. The van der Waals surface area contributed by atoms with Crippen molar-refractivity contribution in [3.63, 3.8) is 0 Å². The Balaban J connectivity index is 2.25. The van der Waals surface area contributed by atoms with Crippen LogP contribution in [0.3, 0.4) is 0 Å². The first-order valence-electron chi connectivity index (χ1n) is 5.83. The molecular weight excluding hydrogens is 436 g/mol. The summed E-state index contributed by atoms with van der Waals surface area (Å²) < 4.78 is 3.08. The summed E-state index contributed by atoms with van der Waals surface area (Å²) in [5.41, 5.74) is 2.29. The molecule has 0 saturated heterocycles. The molecule has 1 aromatic heterocycles. The minimum atomic E-state index is 0.178. The molecule has 1 atom stereocenters. The van der Waals surface area contributed by atoms with E-state index in [2.05, 4.69) is 76.3 Å². The van der Waals surface area contributed by atoms with Crippen molar-refractivity contribution >= 4 is 47.8 Å². The van der Waals surface area contributed by atoms with Crippen molar-refractivity contribution in [2.24, 2.45) is 0 Å². The Morgan fingerprint density at radius 2 is 1.95 bits per heavy atom. The summed E-state index contributed by atoms with van der Waals surface area (Å²) in [5.74, 6) is 0. The fraction of sp³-hybridized carbons (Fsp3) is 0.214. The molecule has 0 fully saturated rings. The van der Waals surface area contributed by atoms with Gasteiger partial charge in [0.1, 0.15) is 0 Å². The highest BCUT2D eigenvalue weighted by Crippen LogP contribution is 2.27. The molecule has 100 valence electrons. The van der Waals surface area contributed by atoms with Gasteiger partial charge in [0.2, 0.25) is 0 Å².